The van der Waals surface area contributed by atoms with Crippen molar-refractivity contribution >= 4 is 0 Å². The molecule has 1 aromatic heterocycles. The first-order chi connectivity index (χ1) is 9.33. The summed E-state index contributed by atoms with van der Waals surface area (Å²) in [4.78, 5) is 4.37. The predicted molar refractivity (Wildman–Crippen MR) is 74.5 cm³/mol. The molecule has 0 amide bonds. The third kappa shape index (κ3) is 3.67. The highest BCUT2D eigenvalue weighted by Gasteiger charge is 2.03. The molecule has 0 unspecified atom stereocenters. The number of nitriles is 1. The first-order valence-corrected chi connectivity index (χ1v) is 6.53. The fraction of sp³-hybridized carbons (Fsp3) is 0.333. The molecule has 4 heteroatoms. The summed E-state index contributed by atoms with van der Waals surface area (Å²) in [7, 11) is 0. The van der Waals surface area contributed by atoms with Crippen molar-refractivity contribution in [1.29, 1.82) is 5.26 Å². The first kappa shape index (κ1) is 13.3. The van der Waals surface area contributed by atoms with Crippen LogP contribution in [0.25, 0.3) is 0 Å². The van der Waals surface area contributed by atoms with Crippen molar-refractivity contribution in [2.45, 2.75) is 26.4 Å². The van der Waals surface area contributed by atoms with E-state index in [0.717, 1.165) is 31.9 Å². The van der Waals surface area contributed by atoms with Gasteiger partial charge in [0.1, 0.15) is 5.82 Å². The Morgan fingerprint density at radius 3 is 2.79 bits per heavy atom. The number of hydrogen-bond donors (Lipinski definition) is 1. The van der Waals surface area contributed by atoms with Gasteiger partial charge in [-0.3, -0.25) is 0 Å². The molecule has 1 N–H and O–H groups in total. The van der Waals surface area contributed by atoms with Crippen molar-refractivity contribution < 1.29 is 0 Å². The number of benzene rings is 1. The summed E-state index contributed by atoms with van der Waals surface area (Å²) in [6, 6.07) is 9.80. The number of nitrogens with one attached hydrogen (secondary N) is 1. The lowest BCUT2D eigenvalue weighted by atomic mass is 10.1. The summed E-state index contributed by atoms with van der Waals surface area (Å²) in [6.07, 6.45) is 4.93. The number of aromatic nitrogens is 2. The van der Waals surface area contributed by atoms with E-state index < -0.39 is 0 Å². The van der Waals surface area contributed by atoms with E-state index in [0.29, 0.717) is 5.56 Å². The van der Waals surface area contributed by atoms with E-state index in [-0.39, 0.29) is 0 Å². The zero-order valence-electron chi connectivity index (χ0n) is 11.1. The third-order valence-electron chi connectivity index (χ3n) is 2.95. The summed E-state index contributed by atoms with van der Waals surface area (Å²) in [5.74, 6) is 1.04. The Morgan fingerprint density at radius 1 is 1.32 bits per heavy atom. The minimum Gasteiger partial charge on any atom is -0.329 e. The Kier molecular flexibility index (Phi) is 4.71. The summed E-state index contributed by atoms with van der Waals surface area (Å²) in [5.41, 5.74) is 1.87. The van der Waals surface area contributed by atoms with Crippen LogP contribution in [0.3, 0.4) is 0 Å². The molecule has 4 nitrogen and oxygen atoms in total. The molecule has 0 aliphatic rings. The van der Waals surface area contributed by atoms with Gasteiger partial charge in [-0.05, 0) is 30.7 Å². The van der Waals surface area contributed by atoms with E-state index in [4.69, 9.17) is 5.26 Å². The maximum Gasteiger partial charge on any atom is 0.122 e. The van der Waals surface area contributed by atoms with Crippen LogP contribution < -0.4 is 5.32 Å². The molecule has 0 bridgehead atoms. The Balaban J connectivity index is 2.02. The quantitative estimate of drug-likeness (QED) is 0.805. The highest BCUT2D eigenvalue weighted by atomic mass is 15.1. The Morgan fingerprint density at radius 2 is 2.11 bits per heavy atom. The molecule has 0 aliphatic carbocycles. The first-order valence-electron chi connectivity index (χ1n) is 6.53. The number of hydrogen-bond acceptors (Lipinski definition) is 3. The molecular weight excluding hydrogens is 236 g/mol. The van der Waals surface area contributed by atoms with Gasteiger partial charge in [-0.2, -0.15) is 5.26 Å². The molecule has 1 heterocycles. The van der Waals surface area contributed by atoms with Crippen molar-refractivity contribution in [3.63, 3.8) is 0 Å². The number of imidazole rings is 1. The van der Waals surface area contributed by atoms with E-state index in [1.807, 2.05) is 36.7 Å². The molecule has 0 saturated heterocycles. The average Bonchev–Trinajstić information content (AvgIpc) is 2.87. The number of rotatable bonds is 6. The standard InChI is InChI=1S/C15H18N4/c1-2-7-17-11-15-18-8-9-19(15)12-14-5-3-13(10-16)4-6-14/h3-6,8-9,17H,2,7,11-12H2,1H3. The largest absolute Gasteiger partial charge is 0.329 e. The molecule has 0 aliphatic heterocycles. The Bertz CT molecular complexity index is 548. The molecule has 0 radical (unpaired) electrons. The van der Waals surface area contributed by atoms with E-state index in [9.17, 15) is 0 Å². The van der Waals surface area contributed by atoms with Crippen molar-refractivity contribution in [2.75, 3.05) is 6.54 Å². The summed E-state index contributed by atoms with van der Waals surface area (Å²) >= 11 is 0. The highest BCUT2D eigenvalue weighted by molar-refractivity contribution is 5.31. The lowest BCUT2D eigenvalue weighted by Crippen LogP contribution is -2.17. The molecule has 98 valence electrons. The molecule has 2 rings (SSSR count). The zero-order chi connectivity index (χ0) is 13.5. The third-order valence-corrected chi connectivity index (χ3v) is 2.95. The van der Waals surface area contributed by atoms with Crippen LogP contribution in [0.5, 0.6) is 0 Å². The minimum absolute atomic E-state index is 0.694. The fourth-order valence-electron chi connectivity index (χ4n) is 1.91. The minimum atomic E-state index is 0.694. The van der Waals surface area contributed by atoms with Gasteiger partial charge in [0.15, 0.2) is 0 Å². The summed E-state index contributed by atoms with van der Waals surface area (Å²) < 4.78 is 2.13. The van der Waals surface area contributed by atoms with E-state index >= 15 is 0 Å². The lowest BCUT2D eigenvalue weighted by molar-refractivity contribution is 0.615. The Labute approximate surface area is 113 Å². The molecule has 2 aromatic rings. The van der Waals surface area contributed by atoms with Crippen molar-refractivity contribution in [2.24, 2.45) is 0 Å². The van der Waals surface area contributed by atoms with E-state index in [1.165, 1.54) is 5.56 Å². The molecule has 0 fully saturated rings. The van der Waals surface area contributed by atoms with Gasteiger partial charge in [-0.1, -0.05) is 19.1 Å². The lowest BCUT2D eigenvalue weighted by Gasteiger charge is -2.08. The van der Waals surface area contributed by atoms with Gasteiger partial charge in [-0.15, -0.1) is 0 Å². The molecular formula is C15H18N4. The predicted octanol–water partition coefficient (Wildman–Crippen LogP) is 2.30. The van der Waals surface area contributed by atoms with Crippen LogP contribution in [-0.2, 0) is 13.1 Å². The smallest absolute Gasteiger partial charge is 0.122 e. The normalized spacial score (nSPS) is 10.3. The van der Waals surface area contributed by atoms with E-state index in [1.54, 1.807) is 0 Å². The van der Waals surface area contributed by atoms with Crippen LogP contribution in [0.4, 0.5) is 0 Å². The van der Waals surface area contributed by atoms with Crippen LogP contribution in [0.15, 0.2) is 36.7 Å². The van der Waals surface area contributed by atoms with Crippen molar-refractivity contribution in [3.05, 3.63) is 53.6 Å². The van der Waals surface area contributed by atoms with Gasteiger partial charge >= 0.3 is 0 Å². The highest BCUT2D eigenvalue weighted by Crippen LogP contribution is 2.07. The van der Waals surface area contributed by atoms with Gasteiger partial charge in [0.05, 0.1) is 18.2 Å². The zero-order valence-corrected chi connectivity index (χ0v) is 11.1. The SMILES string of the molecule is CCCNCc1nccn1Cc1ccc(C#N)cc1. The van der Waals surface area contributed by atoms with Gasteiger partial charge < -0.3 is 9.88 Å². The maximum absolute atomic E-state index is 8.78. The molecule has 1 aromatic carbocycles. The van der Waals surface area contributed by atoms with Gasteiger partial charge in [0.2, 0.25) is 0 Å². The molecule has 19 heavy (non-hydrogen) atoms. The topological polar surface area (TPSA) is 53.6 Å². The van der Waals surface area contributed by atoms with Gasteiger partial charge in [0, 0.05) is 18.9 Å². The number of nitrogens with zero attached hydrogens (tertiary/aromatic N) is 3. The van der Waals surface area contributed by atoms with Crippen molar-refractivity contribution in [3.8, 4) is 6.07 Å². The molecule has 0 spiro atoms. The molecule has 0 saturated carbocycles. The second kappa shape index (κ2) is 6.72. The Hall–Kier alpha value is -2.12. The second-order valence-electron chi connectivity index (χ2n) is 4.46. The maximum atomic E-state index is 8.78. The van der Waals surface area contributed by atoms with Crippen LogP contribution in [0.1, 0.15) is 30.3 Å². The van der Waals surface area contributed by atoms with E-state index in [2.05, 4.69) is 27.9 Å². The van der Waals surface area contributed by atoms with Crippen molar-refractivity contribution in [1.82, 2.24) is 14.9 Å². The van der Waals surface area contributed by atoms with Crippen LogP contribution in [-0.4, -0.2) is 16.1 Å². The summed E-state index contributed by atoms with van der Waals surface area (Å²) in [5, 5.41) is 12.1. The fourth-order valence-corrected chi connectivity index (χ4v) is 1.91. The summed E-state index contributed by atoms with van der Waals surface area (Å²) in [6.45, 7) is 4.73. The van der Waals surface area contributed by atoms with Gasteiger partial charge in [-0.25, -0.2) is 4.98 Å². The molecule has 0 atom stereocenters. The second-order valence-corrected chi connectivity index (χ2v) is 4.46. The average molecular weight is 254 g/mol. The monoisotopic (exact) mass is 254 g/mol. The van der Waals surface area contributed by atoms with Crippen LogP contribution in [0, 0.1) is 11.3 Å². The van der Waals surface area contributed by atoms with Crippen LogP contribution in [0.2, 0.25) is 0 Å². The van der Waals surface area contributed by atoms with Gasteiger partial charge in [0.25, 0.3) is 0 Å². The van der Waals surface area contributed by atoms with Crippen LogP contribution >= 0.6 is 0 Å².